The van der Waals surface area contributed by atoms with Crippen LogP contribution >= 0.6 is 12.4 Å². The van der Waals surface area contributed by atoms with Gasteiger partial charge in [-0.1, -0.05) is 24.3 Å². The van der Waals surface area contributed by atoms with Crippen molar-refractivity contribution in [2.45, 2.75) is 18.4 Å². The van der Waals surface area contributed by atoms with Crippen molar-refractivity contribution in [1.82, 2.24) is 4.98 Å². The Kier molecular flexibility index (Phi) is 7.32. The molecule has 0 aliphatic carbocycles. The second-order valence-electron chi connectivity index (χ2n) is 6.60. The standard InChI is InChI=1S/C21H21N3O3.ClH/c22-11-16-3-7-18(8-4-16)20-24-19(12-27-20)17-5-1-15(2-6-17)9-10-21(23,13-25)14-26;/h1-8,12,25-26H,9-10,13-14,23H2;1H. The van der Waals surface area contributed by atoms with Crippen molar-refractivity contribution >= 4 is 12.4 Å². The average molecular weight is 400 g/mol. The Balaban J connectivity index is 0.00000280. The number of nitrogens with two attached hydrogens (primary N) is 1. The third-order valence-corrected chi connectivity index (χ3v) is 4.56. The van der Waals surface area contributed by atoms with E-state index in [0.717, 1.165) is 22.4 Å². The highest BCUT2D eigenvalue weighted by Crippen LogP contribution is 2.25. The molecule has 4 N–H and O–H groups in total. The zero-order valence-corrected chi connectivity index (χ0v) is 16.0. The summed E-state index contributed by atoms with van der Waals surface area (Å²) in [6.45, 7) is -0.503. The van der Waals surface area contributed by atoms with Crippen molar-refractivity contribution in [1.29, 1.82) is 5.26 Å². The first-order valence-corrected chi connectivity index (χ1v) is 8.63. The molecule has 1 heterocycles. The summed E-state index contributed by atoms with van der Waals surface area (Å²) in [6, 6.07) is 17.0. The Morgan fingerprint density at radius 2 is 1.61 bits per heavy atom. The van der Waals surface area contributed by atoms with Gasteiger partial charge in [-0.15, -0.1) is 12.4 Å². The summed E-state index contributed by atoms with van der Waals surface area (Å²) in [6.07, 6.45) is 2.75. The summed E-state index contributed by atoms with van der Waals surface area (Å²) in [5.41, 5.74) is 9.05. The molecule has 0 aliphatic heterocycles. The van der Waals surface area contributed by atoms with Crippen LogP contribution in [-0.4, -0.2) is 33.9 Å². The van der Waals surface area contributed by atoms with Crippen molar-refractivity contribution < 1.29 is 14.6 Å². The summed E-state index contributed by atoms with van der Waals surface area (Å²) in [5.74, 6) is 0.498. The van der Waals surface area contributed by atoms with Crippen LogP contribution in [0.4, 0.5) is 0 Å². The van der Waals surface area contributed by atoms with E-state index in [4.69, 9.17) is 15.4 Å². The van der Waals surface area contributed by atoms with E-state index < -0.39 is 5.54 Å². The number of nitriles is 1. The summed E-state index contributed by atoms with van der Waals surface area (Å²) >= 11 is 0. The topological polar surface area (TPSA) is 116 Å². The Labute approximate surface area is 169 Å². The minimum Gasteiger partial charge on any atom is -0.444 e. The van der Waals surface area contributed by atoms with Gasteiger partial charge in [0.15, 0.2) is 0 Å². The number of hydrogen-bond donors (Lipinski definition) is 3. The molecule has 0 unspecified atom stereocenters. The van der Waals surface area contributed by atoms with E-state index >= 15 is 0 Å². The third-order valence-electron chi connectivity index (χ3n) is 4.56. The molecule has 0 atom stereocenters. The molecule has 28 heavy (non-hydrogen) atoms. The van der Waals surface area contributed by atoms with Gasteiger partial charge in [-0.3, -0.25) is 0 Å². The maximum absolute atomic E-state index is 9.26. The van der Waals surface area contributed by atoms with Gasteiger partial charge in [0.1, 0.15) is 12.0 Å². The fourth-order valence-corrected chi connectivity index (χ4v) is 2.67. The minimum absolute atomic E-state index is 0. The van der Waals surface area contributed by atoms with Crippen molar-refractivity contribution in [3.8, 4) is 28.8 Å². The van der Waals surface area contributed by atoms with E-state index in [0.29, 0.717) is 24.3 Å². The van der Waals surface area contributed by atoms with Gasteiger partial charge in [-0.25, -0.2) is 4.98 Å². The predicted octanol–water partition coefficient (Wildman–Crippen LogP) is 2.92. The van der Waals surface area contributed by atoms with Crippen LogP contribution in [-0.2, 0) is 6.42 Å². The highest BCUT2D eigenvalue weighted by atomic mass is 35.5. The van der Waals surface area contributed by atoms with E-state index in [1.165, 1.54) is 0 Å². The number of aliphatic hydroxyl groups is 2. The van der Waals surface area contributed by atoms with Gasteiger partial charge in [0.25, 0.3) is 0 Å². The third kappa shape index (κ3) is 4.97. The molecule has 0 bridgehead atoms. The SMILES string of the molecule is Cl.N#Cc1ccc(-c2nc(-c3ccc(CCC(N)(CO)CO)cc3)co2)cc1. The molecular formula is C21H22ClN3O3. The van der Waals surface area contributed by atoms with Crippen molar-refractivity contribution in [2.75, 3.05) is 13.2 Å². The Bertz CT molecular complexity index is 927. The zero-order valence-electron chi connectivity index (χ0n) is 15.2. The van der Waals surface area contributed by atoms with E-state index in [-0.39, 0.29) is 25.6 Å². The van der Waals surface area contributed by atoms with Crippen LogP contribution in [0, 0.1) is 11.3 Å². The fourth-order valence-electron chi connectivity index (χ4n) is 2.67. The van der Waals surface area contributed by atoms with Crippen LogP contribution < -0.4 is 5.73 Å². The lowest BCUT2D eigenvalue weighted by molar-refractivity contribution is 0.115. The lowest BCUT2D eigenvalue weighted by atomic mass is 9.93. The number of oxazole rings is 1. The van der Waals surface area contributed by atoms with Gasteiger partial charge in [-0.2, -0.15) is 5.26 Å². The largest absolute Gasteiger partial charge is 0.444 e. The van der Waals surface area contributed by atoms with Crippen LogP contribution in [0.15, 0.2) is 59.2 Å². The zero-order chi connectivity index (χ0) is 19.3. The molecule has 0 aliphatic rings. The van der Waals surface area contributed by atoms with Crippen LogP contribution in [0.5, 0.6) is 0 Å². The molecule has 0 radical (unpaired) electrons. The normalized spacial score (nSPS) is 10.9. The van der Waals surface area contributed by atoms with Crippen molar-refractivity contribution in [3.05, 3.63) is 65.9 Å². The second kappa shape index (κ2) is 9.49. The van der Waals surface area contributed by atoms with Crippen LogP contribution in [0.3, 0.4) is 0 Å². The Morgan fingerprint density at radius 3 is 2.18 bits per heavy atom. The minimum atomic E-state index is -0.958. The summed E-state index contributed by atoms with van der Waals surface area (Å²) in [4.78, 5) is 4.51. The van der Waals surface area contributed by atoms with Crippen LogP contribution in [0.1, 0.15) is 17.5 Å². The molecule has 0 amide bonds. The number of aromatic nitrogens is 1. The number of rotatable bonds is 7. The first-order chi connectivity index (χ1) is 13.1. The molecule has 3 aromatic rings. The first-order valence-electron chi connectivity index (χ1n) is 8.63. The molecule has 6 nitrogen and oxygen atoms in total. The van der Waals surface area contributed by atoms with Gasteiger partial charge in [0, 0.05) is 11.1 Å². The lowest BCUT2D eigenvalue weighted by Crippen LogP contribution is -2.47. The predicted molar refractivity (Wildman–Crippen MR) is 109 cm³/mol. The molecule has 7 heteroatoms. The number of aryl methyl sites for hydroxylation is 1. The molecule has 0 saturated carbocycles. The summed E-state index contributed by atoms with van der Waals surface area (Å²) < 4.78 is 5.56. The molecule has 1 aromatic heterocycles. The number of nitrogens with zero attached hydrogens (tertiary/aromatic N) is 2. The maximum atomic E-state index is 9.26. The number of hydrogen-bond acceptors (Lipinski definition) is 6. The van der Waals surface area contributed by atoms with Crippen molar-refractivity contribution in [2.24, 2.45) is 5.73 Å². The average Bonchev–Trinajstić information content (AvgIpc) is 3.22. The molecule has 0 saturated heterocycles. The number of halogens is 1. The number of aliphatic hydroxyl groups excluding tert-OH is 2. The first kappa shape index (κ1) is 21.6. The fraction of sp³-hybridized carbons (Fsp3) is 0.238. The summed E-state index contributed by atoms with van der Waals surface area (Å²) in [7, 11) is 0. The highest BCUT2D eigenvalue weighted by Gasteiger charge is 2.22. The van der Waals surface area contributed by atoms with Crippen LogP contribution in [0.25, 0.3) is 22.7 Å². The van der Waals surface area contributed by atoms with E-state index in [9.17, 15) is 10.2 Å². The number of benzene rings is 2. The Morgan fingerprint density at radius 1 is 1.00 bits per heavy atom. The van der Waals surface area contributed by atoms with E-state index in [1.807, 2.05) is 24.3 Å². The summed E-state index contributed by atoms with van der Waals surface area (Å²) in [5, 5.41) is 27.4. The van der Waals surface area contributed by atoms with E-state index in [2.05, 4.69) is 11.1 Å². The molecule has 0 spiro atoms. The molecule has 3 rings (SSSR count). The highest BCUT2D eigenvalue weighted by molar-refractivity contribution is 5.85. The lowest BCUT2D eigenvalue weighted by Gasteiger charge is -2.24. The van der Waals surface area contributed by atoms with Crippen molar-refractivity contribution in [3.63, 3.8) is 0 Å². The molecule has 2 aromatic carbocycles. The van der Waals surface area contributed by atoms with E-state index in [1.54, 1.807) is 30.5 Å². The molecular weight excluding hydrogens is 378 g/mol. The second-order valence-corrected chi connectivity index (χ2v) is 6.60. The van der Waals surface area contributed by atoms with Gasteiger partial charge < -0.3 is 20.4 Å². The van der Waals surface area contributed by atoms with Gasteiger partial charge in [0.05, 0.1) is 30.4 Å². The van der Waals surface area contributed by atoms with Crippen LogP contribution in [0.2, 0.25) is 0 Å². The smallest absolute Gasteiger partial charge is 0.226 e. The van der Waals surface area contributed by atoms with Gasteiger partial charge >= 0.3 is 0 Å². The maximum Gasteiger partial charge on any atom is 0.226 e. The monoisotopic (exact) mass is 399 g/mol. The molecule has 0 fully saturated rings. The van der Waals surface area contributed by atoms with Gasteiger partial charge in [0.2, 0.25) is 5.89 Å². The Hall–Kier alpha value is -2.69. The quantitative estimate of drug-likeness (QED) is 0.562. The van der Waals surface area contributed by atoms with Gasteiger partial charge in [-0.05, 0) is 42.7 Å². The molecule has 146 valence electrons.